The summed E-state index contributed by atoms with van der Waals surface area (Å²) in [5.74, 6) is -2.27. The van der Waals surface area contributed by atoms with Crippen LogP contribution < -0.4 is 10.6 Å². The quantitative estimate of drug-likeness (QED) is 0.649. The second kappa shape index (κ2) is 9.84. The van der Waals surface area contributed by atoms with E-state index in [0.717, 1.165) is 37.0 Å². The van der Waals surface area contributed by atoms with Gasteiger partial charge in [-0.15, -0.1) is 11.3 Å². The van der Waals surface area contributed by atoms with Gasteiger partial charge >= 0.3 is 5.97 Å². The molecule has 160 valence electrons. The smallest absolute Gasteiger partial charge is 0.341 e. The molecule has 0 atom stereocenters. The van der Waals surface area contributed by atoms with Crippen molar-refractivity contribution in [2.75, 3.05) is 11.9 Å². The van der Waals surface area contributed by atoms with Gasteiger partial charge < -0.3 is 15.4 Å². The molecule has 0 saturated heterocycles. The standard InChI is InChI=1S/C22H25FN2O4S/c1-3-29-22(28)17-13(2)18(20(27)24-14-9-5-4-6-10-14)30-21(17)25-19(26)15-11-7-8-12-16(15)23/h7-8,11-12,14H,3-6,9-10H2,1-2H3,(H,24,27)(H,25,26). The van der Waals surface area contributed by atoms with Gasteiger partial charge in [0.1, 0.15) is 10.8 Å². The maximum atomic E-state index is 14.0. The molecule has 0 aliphatic heterocycles. The van der Waals surface area contributed by atoms with Crippen LogP contribution in [0.15, 0.2) is 24.3 Å². The minimum absolute atomic E-state index is 0.107. The number of carbonyl (C=O) groups excluding carboxylic acids is 3. The van der Waals surface area contributed by atoms with E-state index in [0.29, 0.717) is 10.4 Å². The number of nitrogens with one attached hydrogen (secondary N) is 2. The van der Waals surface area contributed by atoms with E-state index in [-0.39, 0.29) is 34.7 Å². The first-order valence-corrected chi connectivity index (χ1v) is 10.9. The van der Waals surface area contributed by atoms with Crippen LogP contribution in [-0.2, 0) is 4.74 Å². The largest absolute Gasteiger partial charge is 0.462 e. The van der Waals surface area contributed by atoms with E-state index in [9.17, 15) is 18.8 Å². The molecule has 2 aromatic rings. The SMILES string of the molecule is CCOC(=O)c1c(NC(=O)c2ccccc2F)sc(C(=O)NC2CCCCC2)c1C. The van der Waals surface area contributed by atoms with Crippen molar-refractivity contribution >= 4 is 34.1 Å². The van der Waals surface area contributed by atoms with E-state index in [1.54, 1.807) is 19.9 Å². The lowest BCUT2D eigenvalue weighted by Crippen LogP contribution is -2.36. The van der Waals surface area contributed by atoms with E-state index in [4.69, 9.17) is 4.74 Å². The summed E-state index contributed by atoms with van der Waals surface area (Å²) in [5, 5.41) is 5.79. The lowest BCUT2D eigenvalue weighted by atomic mass is 9.95. The van der Waals surface area contributed by atoms with Crippen LogP contribution in [0, 0.1) is 12.7 Å². The molecule has 0 radical (unpaired) electrons. The van der Waals surface area contributed by atoms with Gasteiger partial charge in [0.25, 0.3) is 11.8 Å². The normalized spacial score (nSPS) is 14.2. The van der Waals surface area contributed by atoms with Crippen LogP contribution in [0.5, 0.6) is 0 Å². The number of esters is 1. The molecule has 1 saturated carbocycles. The average molecular weight is 433 g/mol. The maximum Gasteiger partial charge on any atom is 0.341 e. The van der Waals surface area contributed by atoms with Gasteiger partial charge in [-0.05, 0) is 44.4 Å². The highest BCUT2D eigenvalue weighted by atomic mass is 32.1. The number of carbonyl (C=O) groups is 3. The Balaban J connectivity index is 1.90. The topological polar surface area (TPSA) is 84.5 Å². The number of hydrogen-bond donors (Lipinski definition) is 2. The van der Waals surface area contributed by atoms with E-state index in [1.807, 2.05) is 0 Å². The monoisotopic (exact) mass is 432 g/mol. The van der Waals surface area contributed by atoms with Gasteiger partial charge in [0.15, 0.2) is 0 Å². The number of amides is 2. The highest BCUT2D eigenvalue weighted by Crippen LogP contribution is 2.34. The zero-order chi connectivity index (χ0) is 21.7. The third-order valence-corrected chi connectivity index (χ3v) is 6.32. The fourth-order valence-electron chi connectivity index (χ4n) is 3.58. The predicted octanol–water partition coefficient (Wildman–Crippen LogP) is 4.69. The van der Waals surface area contributed by atoms with E-state index in [1.165, 1.54) is 24.6 Å². The first kappa shape index (κ1) is 22.0. The van der Waals surface area contributed by atoms with Crippen molar-refractivity contribution in [3.05, 3.63) is 51.7 Å². The molecule has 2 N–H and O–H groups in total. The third kappa shape index (κ3) is 4.87. The number of hydrogen-bond acceptors (Lipinski definition) is 5. The summed E-state index contributed by atoms with van der Waals surface area (Å²) in [6.45, 7) is 3.48. The molecule has 6 nitrogen and oxygen atoms in total. The fourth-order valence-corrected chi connectivity index (χ4v) is 4.67. The average Bonchev–Trinajstić information content (AvgIpc) is 3.05. The summed E-state index contributed by atoms with van der Waals surface area (Å²) in [4.78, 5) is 38.3. The summed E-state index contributed by atoms with van der Waals surface area (Å²) in [6.07, 6.45) is 5.18. The first-order valence-electron chi connectivity index (χ1n) is 10.1. The molecule has 1 fully saturated rings. The summed E-state index contributed by atoms with van der Waals surface area (Å²) >= 11 is 0.999. The molecule has 1 heterocycles. The van der Waals surface area contributed by atoms with Gasteiger partial charge in [0.05, 0.1) is 22.6 Å². The Morgan fingerprint density at radius 2 is 1.83 bits per heavy atom. The molecule has 8 heteroatoms. The van der Waals surface area contributed by atoms with Crippen molar-refractivity contribution in [3.8, 4) is 0 Å². The molecule has 0 unspecified atom stereocenters. The van der Waals surface area contributed by atoms with Gasteiger partial charge in [-0.25, -0.2) is 9.18 Å². The van der Waals surface area contributed by atoms with Crippen molar-refractivity contribution in [2.24, 2.45) is 0 Å². The van der Waals surface area contributed by atoms with Crippen molar-refractivity contribution in [1.29, 1.82) is 0 Å². The summed E-state index contributed by atoms with van der Waals surface area (Å²) in [7, 11) is 0. The molecular formula is C22H25FN2O4S. The van der Waals surface area contributed by atoms with Crippen LogP contribution in [-0.4, -0.2) is 30.4 Å². The van der Waals surface area contributed by atoms with E-state index < -0.39 is 17.7 Å². The Morgan fingerprint density at radius 1 is 1.13 bits per heavy atom. The van der Waals surface area contributed by atoms with Gasteiger partial charge in [-0.1, -0.05) is 31.4 Å². The van der Waals surface area contributed by atoms with E-state index >= 15 is 0 Å². The maximum absolute atomic E-state index is 14.0. The molecule has 1 aromatic carbocycles. The number of thiophene rings is 1. The van der Waals surface area contributed by atoms with Crippen LogP contribution in [0.2, 0.25) is 0 Å². The fraction of sp³-hybridized carbons (Fsp3) is 0.409. The first-order chi connectivity index (χ1) is 14.4. The van der Waals surface area contributed by atoms with Crippen LogP contribution in [0.4, 0.5) is 9.39 Å². The van der Waals surface area contributed by atoms with Crippen LogP contribution in [0.3, 0.4) is 0 Å². The van der Waals surface area contributed by atoms with Crippen molar-refractivity contribution in [2.45, 2.75) is 52.0 Å². The number of anilines is 1. The number of halogens is 1. The Morgan fingerprint density at radius 3 is 2.50 bits per heavy atom. The van der Waals surface area contributed by atoms with Gasteiger partial charge in [0, 0.05) is 6.04 Å². The van der Waals surface area contributed by atoms with Crippen LogP contribution >= 0.6 is 11.3 Å². The molecule has 30 heavy (non-hydrogen) atoms. The number of benzene rings is 1. The lowest BCUT2D eigenvalue weighted by molar-refractivity contribution is 0.0527. The van der Waals surface area contributed by atoms with Crippen molar-refractivity contribution in [3.63, 3.8) is 0 Å². The Bertz CT molecular complexity index is 951. The number of rotatable bonds is 6. The van der Waals surface area contributed by atoms with E-state index in [2.05, 4.69) is 10.6 Å². The molecular weight excluding hydrogens is 407 g/mol. The Hall–Kier alpha value is -2.74. The Kier molecular flexibility index (Phi) is 7.20. The third-order valence-electron chi connectivity index (χ3n) is 5.12. The molecule has 0 spiro atoms. The Labute approximate surface area is 178 Å². The summed E-state index contributed by atoms with van der Waals surface area (Å²) in [5.41, 5.74) is 0.419. The van der Waals surface area contributed by atoms with Crippen molar-refractivity contribution < 1.29 is 23.5 Å². The number of ether oxygens (including phenoxy) is 1. The second-order valence-electron chi connectivity index (χ2n) is 7.22. The molecule has 2 amide bonds. The summed E-state index contributed by atoms with van der Waals surface area (Å²) < 4.78 is 19.1. The predicted molar refractivity (Wildman–Crippen MR) is 114 cm³/mol. The highest BCUT2D eigenvalue weighted by Gasteiger charge is 2.28. The van der Waals surface area contributed by atoms with Crippen LogP contribution in [0.25, 0.3) is 0 Å². The van der Waals surface area contributed by atoms with Crippen LogP contribution in [0.1, 0.15) is 75.0 Å². The molecule has 1 aliphatic carbocycles. The van der Waals surface area contributed by atoms with Crippen molar-refractivity contribution in [1.82, 2.24) is 5.32 Å². The minimum atomic E-state index is -0.695. The highest BCUT2D eigenvalue weighted by molar-refractivity contribution is 7.18. The van der Waals surface area contributed by atoms with Gasteiger partial charge in [-0.3, -0.25) is 9.59 Å². The minimum Gasteiger partial charge on any atom is -0.462 e. The molecule has 1 aromatic heterocycles. The zero-order valence-electron chi connectivity index (χ0n) is 17.0. The van der Waals surface area contributed by atoms with Gasteiger partial charge in [0.2, 0.25) is 0 Å². The second-order valence-corrected chi connectivity index (χ2v) is 8.24. The molecule has 0 bridgehead atoms. The molecule has 1 aliphatic rings. The zero-order valence-corrected chi connectivity index (χ0v) is 17.9. The van der Waals surface area contributed by atoms with Gasteiger partial charge in [-0.2, -0.15) is 0 Å². The summed E-state index contributed by atoms with van der Waals surface area (Å²) in [6, 6.07) is 5.68. The lowest BCUT2D eigenvalue weighted by Gasteiger charge is -2.22. The molecule has 3 rings (SSSR count).